The highest BCUT2D eigenvalue weighted by Gasteiger charge is 2.15. The molecule has 82 valence electrons. The topological polar surface area (TPSA) is 106 Å². The fraction of sp³-hybridized carbons (Fsp3) is 0. The van der Waals surface area contributed by atoms with Crippen LogP contribution in [-0.4, -0.2) is 19.6 Å². The highest BCUT2D eigenvalue weighted by atomic mass is 16.4. The first-order valence-electron chi connectivity index (χ1n) is 4.73. The molecule has 0 saturated carbocycles. The Labute approximate surface area is 95.1 Å². The van der Waals surface area contributed by atoms with Gasteiger partial charge in [-0.05, 0) is 0 Å². The second kappa shape index (κ2) is 3.31. The summed E-state index contributed by atoms with van der Waals surface area (Å²) in [5, 5.41) is 12.9. The van der Waals surface area contributed by atoms with Gasteiger partial charge in [0.1, 0.15) is 6.07 Å². The number of oxazole rings is 1. The van der Waals surface area contributed by atoms with E-state index in [0.29, 0.717) is 5.56 Å². The molecule has 0 saturated heterocycles. The van der Waals surface area contributed by atoms with Crippen LogP contribution in [0.2, 0.25) is 0 Å². The minimum absolute atomic E-state index is 0.00532. The first-order chi connectivity index (χ1) is 8.29. The second-order valence-electron chi connectivity index (χ2n) is 3.31. The third-order valence-corrected chi connectivity index (χ3v) is 2.31. The van der Waals surface area contributed by atoms with E-state index in [1.54, 1.807) is 29.3 Å². The van der Waals surface area contributed by atoms with Crippen molar-refractivity contribution in [1.82, 2.24) is 19.6 Å². The summed E-state index contributed by atoms with van der Waals surface area (Å²) in [7, 11) is 0. The molecule has 3 heterocycles. The number of nitriles is 1. The van der Waals surface area contributed by atoms with Crippen molar-refractivity contribution in [2.24, 2.45) is 0 Å². The van der Waals surface area contributed by atoms with E-state index in [0.717, 1.165) is 5.52 Å². The van der Waals surface area contributed by atoms with Gasteiger partial charge in [-0.1, -0.05) is 0 Å². The molecular formula is C10H6N6O. The molecule has 0 radical (unpaired) electrons. The smallest absolute Gasteiger partial charge is 0.233 e. The number of rotatable bonds is 1. The Morgan fingerprint density at radius 3 is 3.06 bits per heavy atom. The lowest BCUT2D eigenvalue weighted by atomic mass is 10.3. The molecule has 0 aliphatic rings. The summed E-state index contributed by atoms with van der Waals surface area (Å²) in [5.74, 6) is 0.271. The van der Waals surface area contributed by atoms with E-state index in [4.69, 9.17) is 15.4 Å². The quantitative estimate of drug-likeness (QED) is 0.658. The maximum Gasteiger partial charge on any atom is 0.233 e. The molecule has 0 aliphatic carbocycles. The lowest BCUT2D eigenvalue weighted by Gasteiger charge is -1.92. The van der Waals surface area contributed by atoms with E-state index < -0.39 is 0 Å². The van der Waals surface area contributed by atoms with Crippen LogP contribution < -0.4 is 5.73 Å². The van der Waals surface area contributed by atoms with Gasteiger partial charge in [0.05, 0.1) is 23.5 Å². The third-order valence-electron chi connectivity index (χ3n) is 2.31. The molecule has 3 aromatic rings. The Hall–Kier alpha value is -2.88. The molecule has 0 atom stereocenters. The zero-order chi connectivity index (χ0) is 11.8. The van der Waals surface area contributed by atoms with E-state index in [2.05, 4.69) is 15.1 Å². The van der Waals surface area contributed by atoms with Crippen molar-refractivity contribution in [3.63, 3.8) is 0 Å². The Morgan fingerprint density at radius 2 is 2.29 bits per heavy atom. The first-order valence-corrected chi connectivity index (χ1v) is 4.73. The van der Waals surface area contributed by atoms with Crippen molar-refractivity contribution in [3.05, 3.63) is 30.5 Å². The normalized spacial score (nSPS) is 10.5. The van der Waals surface area contributed by atoms with Gasteiger partial charge in [0.2, 0.25) is 17.5 Å². The van der Waals surface area contributed by atoms with Crippen LogP contribution in [0.3, 0.4) is 0 Å². The molecular weight excluding hydrogens is 220 g/mol. The van der Waals surface area contributed by atoms with E-state index >= 15 is 0 Å². The number of hydrogen-bond acceptors (Lipinski definition) is 6. The summed E-state index contributed by atoms with van der Waals surface area (Å²) < 4.78 is 6.85. The molecule has 0 spiro atoms. The molecule has 3 aromatic heterocycles. The van der Waals surface area contributed by atoms with Gasteiger partial charge >= 0.3 is 0 Å². The number of aromatic nitrogens is 4. The fourth-order valence-electron chi connectivity index (χ4n) is 1.53. The molecule has 0 aliphatic heterocycles. The molecule has 0 fully saturated rings. The summed E-state index contributed by atoms with van der Waals surface area (Å²) in [6.45, 7) is 0. The standard InChI is InChI=1S/C10H6N6O/c11-3-7-9(12)17-10(15-7)6-4-14-16-2-1-13-5-8(6)16/h1-2,4-5H,12H2. The first kappa shape index (κ1) is 9.35. The van der Waals surface area contributed by atoms with Gasteiger partial charge in [0.25, 0.3) is 0 Å². The maximum atomic E-state index is 8.76. The number of anilines is 1. The minimum atomic E-state index is 0.00532. The van der Waals surface area contributed by atoms with Crippen LogP contribution in [0.25, 0.3) is 17.0 Å². The minimum Gasteiger partial charge on any atom is -0.419 e. The van der Waals surface area contributed by atoms with Gasteiger partial charge in [0.15, 0.2) is 0 Å². The summed E-state index contributed by atoms with van der Waals surface area (Å²) in [6.07, 6.45) is 6.54. The largest absolute Gasteiger partial charge is 0.419 e. The van der Waals surface area contributed by atoms with Crippen molar-refractivity contribution in [3.8, 4) is 17.5 Å². The van der Waals surface area contributed by atoms with Crippen LogP contribution in [0.4, 0.5) is 5.88 Å². The second-order valence-corrected chi connectivity index (χ2v) is 3.31. The Balaban J connectivity index is 2.24. The molecule has 7 nitrogen and oxygen atoms in total. The monoisotopic (exact) mass is 226 g/mol. The number of fused-ring (bicyclic) bond motifs is 1. The van der Waals surface area contributed by atoms with Crippen molar-refractivity contribution in [1.29, 1.82) is 5.26 Å². The van der Waals surface area contributed by atoms with Crippen LogP contribution in [0, 0.1) is 11.3 Å². The number of nitrogen functional groups attached to an aromatic ring is 1. The van der Waals surface area contributed by atoms with E-state index in [9.17, 15) is 0 Å². The molecule has 0 amide bonds. The number of nitrogens with two attached hydrogens (primary N) is 1. The summed E-state index contributed by atoms with van der Waals surface area (Å²) >= 11 is 0. The van der Waals surface area contributed by atoms with E-state index in [1.807, 2.05) is 6.07 Å². The third kappa shape index (κ3) is 1.32. The SMILES string of the molecule is N#Cc1nc(-c2cnn3ccncc23)oc1N. The van der Waals surface area contributed by atoms with E-state index in [-0.39, 0.29) is 17.5 Å². The van der Waals surface area contributed by atoms with Crippen molar-refractivity contribution in [2.75, 3.05) is 5.73 Å². The molecule has 2 N–H and O–H groups in total. The Bertz CT molecular complexity index is 735. The predicted octanol–water partition coefficient (Wildman–Crippen LogP) is 0.838. The van der Waals surface area contributed by atoms with Crippen molar-refractivity contribution >= 4 is 11.4 Å². The summed E-state index contributed by atoms with van der Waals surface area (Å²) in [5.41, 5.74) is 6.96. The Morgan fingerprint density at radius 1 is 1.41 bits per heavy atom. The lowest BCUT2D eigenvalue weighted by Crippen LogP contribution is -1.86. The Kier molecular flexibility index (Phi) is 1.82. The number of nitrogens with zero attached hydrogens (tertiary/aromatic N) is 5. The molecule has 3 rings (SSSR count). The van der Waals surface area contributed by atoms with Crippen LogP contribution in [0.15, 0.2) is 29.2 Å². The highest BCUT2D eigenvalue weighted by Crippen LogP contribution is 2.26. The zero-order valence-corrected chi connectivity index (χ0v) is 8.53. The molecule has 0 aromatic carbocycles. The van der Waals surface area contributed by atoms with E-state index in [1.165, 1.54) is 0 Å². The van der Waals surface area contributed by atoms with Gasteiger partial charge in [-0.3, -0.25) is 4.98 Å². The van der Waals surface area contributed by atoms with Crippen LogP contribution in [0.5, 0.6) is 0 Å². The van der Waals surface area contributed by atoms with Gasteiger partial charge in [-0.15, -0.1) is 0 Å². The van der Waals surface area contributed by atoms with Crippen LogP contribution in [-0.2, 0) is 0 Å². The van der Waals surface area contributed by atoms with Gasteiger partial charge in [-0.2, -0.15) is 15.3 Å². The average molecular weight is 226 g/mol. The van der Waals surface area contributed by atoms with Gasteiger partial charge in [0, 0.05) is 12.4 Å². The lowest BCUT2D eigenvalue weighted by molar-refractivity contribution is 0.594. The number of hydrogen-bond donors (Lipinski definition) is 1. The average Bonchev–Trinajstić information content (AvgIpc) is 2.92. The maximum absolute atomic E-state index is 8.76. The van der Waals surface area contributed by atoms with Gasteiger partial charge < -0.3 is 10.2 Å². The van der Waals surface area contributed by atoms with Crippen LogP contribution in [0.1, 0.15) is 5.69 Å². The summed E-state index contributed by atoms with van der Waals surface area (Å²) in [4.78, 5) is 7.98. The fourth-order valence-corrected chi connectivity index (χ4v) is 1.53. The van der Waals surface area contributed by atoms with Crippen molar-refractivity contribution in [2.45, 2.75) is 0 Å². The molecule has 7 heteroatoms. The van der Waals surface area contributed by atoms with Gasteiger partial charge in [-0.25, -0.2) is 4.52 Å². The molecule has 0 bridgehead atoms. The summed E-state index contributed by atoms with van der Waals surface area (Å²) in [6, 6.07) is 1.85. The van der Waals surface area contributed by atoms with Crippen molar-refractivity contribution < 1.29 is 4.42 Å². The molecule has 0 unspecified atom stereocenters. The zero-order valence-electron chi connectivity index (χ0n) is 8.53. The highest BCUT2D eigenvalue weighted by molar-refractivity contribution is 5.74. The molecule has 17 heavy (non-hydrogen) atoms. The predicted molar refractivity (Wildman–Crippen MR) is 57.6 cm³/mol. The van der Waals surface area contributed by atoms with Crippen LogP contribution >= 0.6 is 0 Å².